The van der Waals surface area contributed by atoms with Crippen molar-refractivity contribution in [2.24, 2.45) is 0 Å². The molecule has 1 aromatic rings. The van der Waals surface area contributed by atoms with Crippen LogP contribution >= 0.6 is 11.6 Å². The molecule has 1 unspecified atom stereocenters. The number of carbonyl (C=O) groups is 1. The Kier molecular flexibility index (Phi) is 4.15. The van der Waals surface area contributed by atoms with Crippen LogP contribution in [0.4, 0.5) is 0 Å². The van der Waals surface area contributed by atoms with Crippen molar-refractivity contribution in [1.29, 1.82) is 0 Å². The van der Waals surface area contributed by atoms with E-state index in [1.54, 1.807) is 20.1 Å². The third-order valence-electron chi connectivity index (χ3n) is 2.33. The quantitative estimate of drug-likeness (QED) is 0.786. The van der Waals surface area contributed by atoms with Crippen LogP contribution in [-0.4, -0.2) is 12.9 Å². The number of hydrogen-bond donors (Lipinski definition) is 0. The van der Waals surface area contributed by atoms with Gasteiger partial charge in [0, 0.05) is 6.42 Å². The zero-order valence-electron chi connectivity index (χ0n) is 9.21. The van der Waals surface area contributed by atoms with Gasteiger partial charge >= 0.3 is 0 Å². The maximum absolute atomic E-state index is 11.0. The molecule has 3 heteroatoms. The first kappa shape index (κ1) is 12.1. The Morgan fingerprint density at radius 2 is 2.20 bits per heavy atom. The zero-order valence-corrected chi connectivity index (χ0v) is 9.97. The summed E-state index contributed by atoms with van der Waals surface area (Å²) in [6, 6.07) is 5.60. The van der Waals surface area contributed by atoms with Crippen LogP contribution < -0.4 is 4.74 Å². The second-order valence-electron chi connectivity index (χ2n) is 3.67. The molecular formula is C12H15ClO2. The summed E-state index contributed by atoms with van der Waals surface area (Å²) in [5.41, 5.74) is 0.986. The normalized spacial score (nSPS) is 12.3. The van der Waals surface area contributed by atoms with Gasteiger partial charge in [-0.2, -0.15) is 0 Å². The van der Waals surface area contributed by atoms with Crippen molar-refractivity contribution < 1.29 is 9.53 Å². The molecule has 0 aromatic heterocycles. The van der Waals surface area contributed by atoms with Gasteiger partial charge in [0.15, 0.2) is 0 Å². The SMILES string of the molecule is COc1c(Cl)cccc1C(C)CC(C)=O. The van der Waals surface area contributed by atoms with Crippen molar-refractivity contribution in [2.45, 2.75) is 26.2 Å². The molecule has 0 bridgehead atoms. The predicted octanol–water partition coefficient (Wildman–Crippen LogP) is 3.43. The van der Waals surface area contributed by atoms with Crippen LogP contribution in [0.1, 0.15) is 31.7 Å². The zero-order chi connectivity index (χ0) is 11.4. The summed E-state index contributed by atoms with van der Waals surface area (Å²) in [6.45, 7) is 3.59. The first-order chi connectivity index (χ1) is 7.06. The highest BCUT2D eigenvalue weighted by Crippen LogP contribution is 2.34. The Balaban J connectivity index is 3.02. The number of halogens is 1. The summed E-state index contributed by atoms with van der Waals surface area (Å²) in [5.74, 6) is 0.980. The van der Waals surface area contributed by atoms with Crippen molar-refractivity contribution in [3.63, 3.8) is 0 Å². The minimum Gasteiger partial charge on any atom is -0.495 e. The number of methoxy groups -OCH3 is 1. The molecule has 0 spiro atoms. The third kappa shape index (κ3) is 2.96. The summed E-state index contributed by atoms with van der Waals surface area (Å²) in [7, 11) is 1.59. The molecule has 0 heterocycles. The smallest absolute Gasteiger partial charge is 0.140 e. The number of para-hydroxylation sites is 1. The van der Waals surface area contributed by atoms with E-state index in [1.807, 2.05) is 19.1 Å². The molecule has 1 atom stereocenters. The highest BCUT2D eigenvalue weighted by atomic mass is 35.5. The molecule has 0 saturated heterocycles. The molecule has 1 aromatic carbocycles. The molecule has 0 aliphatic carbocycles. The van der Waals surface area contributed by atoms with Gasteiger partial charge in [-0.15, -0.1) is 0 Å². The molecular weight excluding hydrogens is 212 g/mol. The molecule has 15 heavy (non-hydrogen) atoms. The average Bonchev–Trinajstić information content (AvgIpc) is 2.16. The summed E-state index contributed by atoms with van der Waals surface area (Å²) in [5, 5.41) is 0.588. The number of ether oxygens (including phenoxy) is 1. The molecule has 82 valence electrons. The fraction of sp³-hybridized carbons (Fsp3) is 0.417. The van der Waals surface area contributed by atoms with Crippen LogP contribution in [0.15, 0.2) is 18.2 Å². The molecule has 1 rings (SSSR count). The fourth-order valence-electron chi connectivity index (χ4n) is 1.67. The van der Waals surface area contributed by atoms with Crippen molar-refractivity contribution >= 4 is 17.4 Å². The van der Waals surface area contributed by atoms with E-state index in [0.717, 1.165) is 5.56 Å². The minimum atomic E-state index is 0.135. The Morgan fingerprint density at radius 1 is 1.53 bits per heavy atom. The standard InChI is InChI=1S/C12H15ClO2/c1-8(7-9(2)14)10-5-4-6-11(13)12(10)15-3/h4-6,8H,7H2,1-3H3. The van der Waals surface area contributed by atoms with Gasteiger partial charge in [0.2, 0.25) is 0 Å². The van der Waals surface area contributed by atoms with Gasteiger partial charge in [0.25, 0.3) is 0 Å². The first-order valence-electron chi connectivity index (χ1n) is 4.88. The average molecular weight is 227 g/mol. The van der Waals surface area contributed by atoms with Crippen molar-refractivity contribution in [3.05, 3.63) is 28.8 Å². The maximum Gasteiger partial charge on any atom is 0.140 e. The van der Waals surface area contributed by atoms with Gasteiger partial charge in [-0.05, 0) is 24.5 Å². The molecule has 0 aliphatic heterocycles. The number of ketones is 1. The summed E-state index contributed by atoms with van der Waals surface area (Å²) in [6.07, 6.45) is 0.511. The lowest BCUT2D eigenvalue weighted by molar-refractivity contribution is -0.117. The highest BCUT2D eigenvalue weighted by Gasteiger charge is 2.15. The van der Waals surface area contributed by atoms with E-state index in [2.05, 4.69) is 0 Å². The summed E-state index contributed by atoms with van der Waals surface area (Å²) < 4.78 is 5.24. The predicted molar refractivity (Wildman–Crippen MR) is 61.7 cm³/mol. The minimum absolute atomic E-state index is 0.135. The first-order valence-corrected chi connectivity index (χ1v) is 5.26. The third-order valence-corrected chi connectivity index (χ3v) is 2.62. The topological polar surface area (TPSA) is 26.3 Å². The lowest BCUT2D eigenvalue weighted by atomic mass is 9.95. The summed E-state index contributed by atoms with van der Waals surface area (Å²) >= 11 is 6.00. The Labute approximate surface area is 95.2 Å². The molecule has 0 N–H and O–H groups in total. The van der Waals surface area contributed by atoms with Crippen LogP contribution in [0.3, 0.4) is 0 Å². The van der Waals surface area contributed by atoms with Crippen LogP contribution in [0.5, 0.6) is 5.75 Å². The molecule has 0 amide bonds. The molecule has 0 aliphatic rings. The second-order valence-corrected chi connectivity index (χ2v) is 4.08. The lowest BCUT2D eigenvalue weighted by Gasteiger charge is -2.15. The second kappa shape index (κ2) is 5.17. The van der Waals surface area contributed by atoms with Gasteiger partial charge in [-0.25, -0.2) is 0 Å². The van der Waals surface area contributed by atoms with E-state index < -0.39 is 0 Å². The Morgan fingerprint density at radius 3 is 2.73 bits per heavy atom. The van der Waals surface area contributed by atoms with Gasteiger partial charge in [-0.1, -0.05) is 30.7 Å². The molecule has 0 radical (unpaired) electrons. The monoisotopic (exact) mass is 226 g/mol. The van der Waals surface area contributed by atoms with Crippen LogP contribution in [0, 0.1) is 0 Å². The van der Waals surface area contributed by atoms with Crippen molar-refractivity contribution in [2.75, 3.05) is 7.11 Å². The van der Waals surface area contributed by atoms with Crippen molar-refractivity contribution in [1.82, 2.24) is 0 Å². The number of rotatable bonds is 4. The molecule has 0 saturated carbocycles. The van der Waals surface area contributed by atoms with Crippen molar-refractivity contribution in [3.8, 4) is 5.75 Å². The van der Waals surface area contributed by atoms with Crippen LogP contribution in [-0.2, 0) is 4.79 Å². The fourth-order valence-corrected chi connectivity index (χ4v) is 1.93. The Bertz CT molecular complexity index is 361. The highest BCUT2D eigenvalue weighted by molar-refractivity contribution is 6.32. The van der Waals surface area contributed by atoms with Gasteiger partial charge in [0.1, 0.15) is 11.5 Å². The molecule has 0 fully saturated rings. The van der Waals surface area contributed by atoms with Gasteiger partial charge < -0.3 is 9.53 Å². The number of carbonyl (C=O) groups excluding carboxylic acids is 1. The number of benzene rings is 1. The van der Waals surface area contributed by atoms with Gasteiger partial charge in [0.05, 0.1) is 12.1 Å². The van der Waals surface area contributed by atoms with Crippen LogP contribution in [0.2, 0.25) is 5.02 Å². The summed E-state index contributed by atoms with van der Waals surface area (Å²) in [4.78, 5) is 11.0. The van der Waals surface area contributed by atoms with E-state index in [0.29, 0.717) is 17.2 Å². The number of hydrogen-bond acceptors (Lipinski definition) is 2. The largest absolute Gasteiger partial charge is 0.495 e. The number of Topliss-reactive ketones (excluding diaryl/α,β-unsaturated/α-hetero) is 1. The Hall–Kier alpha value is -1.02. The van der Waals surface area contributed by atoms with E-state index in [1.165, 1.54) is 0 Å². The van der Waals surface area contributed by atoms with Crippen LogP contribution in [0.25, 0.3) is 0 Å². The van der Waals surface area contributed by atoms with Gasteiger partial charge in [-0.3, -0.25) is 0 Å². The van der Waals surface area contributed by atoms with E-state index in [9.17, 15) is 4.79 Å². The molecule has 2 nitrogen and oxygen atoms in total. The lowest BCUT2D eigenvalue weighted by Crippen LogP contribution is -2.02. The van der Waals surface area contributed by atoms with E-state index in [-0.39, 0.29) is 11.7 Å². The van der Waals surface area contributed by atoms with E-state index in [4.69, 9.17) is 16.3 Å². The maximum atomic E-state index is 11.0. The van der Waals surface area contributed by atoms with E-state index >= 15 is 0 Å².